The highest BCUT2D eigenvalue weighted by Crippen LogP contribution is 2.52. The number of anilines is 1. The number of nitrogens with one attached hydrogen (secondary N) is 1. The first kappa shape index (κ1) is 28.1. The Hall–Kier alpha value is -3.90. The highest BCUT2D eigenvalue weighted by molar-refractivity contribution is 6.16. The molecule has 1 fully saturated rings. The number of benzene rings is 1. The second kappa shape index (κ2) is 10.3. The minimum Gasteiger partial charge on any atom is -0.508 e. The number of Topliss-reactive ketones (excluding diaryl/α,β-unsaturated/α-hetero) is 2. The van der Waals surface area contributed by atoms with Gasteiger partial charge in [0, 0.05) is 43.4 Å². The van der Waals surface area contributed by atoms with Gasteiger partial charge in [0.05, 0.1) is 18.3 Å². The Labute approximate surface area is 224 Å². The summed E-state index contributed by atoms with van der Waals surface area (Å²) in [7, 11) is 3.50. The molecule has 2 unspecified atom stereocenters. The monoisotopic (exact) mass is 543 g/mol. The predicted molar refractivity (Wildman–Crippen MR) is 138 cm³/mol. The Balaban J connectivity index is 1.77. The minimum atomic E-state index is -2.58. The number of aromatic hydroxyl groups is 1. The average molecular weight is 544 g/mol. The normalized spacial score (nSPS) is 27.7. The summed E-state index contributed by atoms with van der Waals surface area (Å²) in [5.74, 6) is -7.71. The second-order valence-corrected chi connectivity index (χ2v) is 10.5. The maximum absolute atomic E-state index is 13.8. The standard InChI is InChI=1S/C27H33N3O9/c1-4-5-6-39-26(37)29-11-13-9-16(30(2)3)15-8-12-7-14-10-17(31)20(25(28)36)24(35)27(14,38)23(34)18(12)22(33)19(15)21(13)32/h4,9,12,14,17,20,31-32,34,38H,1,5-8,10-11H2,2-3H3,(H2,28,36)(H,29,37)/t12-,14+,17?,20?,27+/m1/s1. The van der Waals surface area contributed by atoms with E-state index in [4.69, 9.17) is 10.5 Å². The van der Waals surface area contributed by atoms with Gasteiger partial charge in [0.25, 0.3) is 0 Å². The molecule has 5 atom stereocenters. The molecule has 7 N–H and O–H groups in total. The van der Waals surface area contributed by atoms with Gasteiger partial charge in [-0.05, 0) is 43.2 Å². The van der Waals surface area contributed by atoms with Crippen molar-refractivity contribution in [3.8, 4) is 5.75 Å². The SMILES string of the molecule is C=CCCOC(=O)NCc1cc(N(C)C)c2c(c1O)C(=O)C1=C(O)[C@]3(O)C(=O)C(C(N)=O)C(O)C[C@@H]3C[C@@H]1C2. The van der Waals surface area contributed by atoms with Crippen LogP contribution in [0.4, 0.5) is 10.5 Å². The molecule has 1 aromatic carbocycles. The summed E-state index contributed by atoms with van der Waals surface area (Å²) >= 11 is 0. The van der Waals surface area contributed by atoms with Gasteiger partial charge in [-0.25, -0.2) is 4.79 Å². The third-order valence-electron chi connectivity index (χ3n) is 7.90. The number of ether oxygens (including phenoxy) is 1. The number of amides is 2. The van der Waals surface area contributed by atoms with Crippen LogP contribution < -0.4 is 16.0 Å². The maximum atomic E-state index is 13.8. The van der Waals surface area contributed by atoms with Gasteiger partial charge in [0.15, 0.2) is 17.2 Å². The van der Waals surface area contributed by atoms with E-state index >= 15 is 0 Å². The first-order valence-electron chi connectivity index (χ1n) is 12.6. The molecule has 0 spiro atoms. The number of hydrogen-bond acceptors (Lipinski definition) is 10. The number of hydrogen-bond donors (Lipinski definition) is 6. The molecule has 2 amide bonds. The third-order valence-corrected chi connectivity index (χ3v) is 7.90. The Morgan fingerprint density at radius 2 is 1.97 bits per heavy atom. The molecule has 0 heterocycles. The summed E-state index contributed by atoms with van der Waals surface area (Å²) < 4.78 is 5.01. The number of ketones is 2. The van der Waals surface area contributed by atoms with Gasteiger partial charge in [0.2, 0.25) is 5.91 Å². The summed E-state index contributed by atoms with van der Waals surface area (Å²) in [6.07, 6.45) is -0.0146. The molecule has 0 radical (unpaired) electrons. The molecule has 0 saturated heterocycles. The van der Waals surface area contributed by atoms with Crippen molar-refractivity contribution in [3.63, 3.8) is 0 Å². The van der Waals surface area contributed by atoms with Gasteiger partial charge in [-0.3, -0.25) is 14.4 Å². The first-order valence-corrected chi connectivity index (χ1v) is 12.6. The van der Waals surface area contributed by atoms with E-state index in [2.05, 4.69) is 11.9 Å². The van der Waals surface area contributed by atoms with E-state index < -0.39 is 64.5 Å². The zero-order valence-corrected chi connectivity index (χ0v) is 21.8. The van der Waals surface area contributed by atoms with Crippen LogP contribution >= 0.6 is 0 Å². The van der Waals surface area contributed by atoms with Crippen LogP contribution in [0.1, 0.15) is 40.7 Å². The lowest BCUT2D eigenvalue weighted by atomic mass is 9.57. The van der Waals surface area contributed by atoms with E-state index in [1.165, 1.54) is 0 Å². The van der Waals surface area contributed by atoms with Gasteiger partial charge in [-0.2, -0.15) is 0 Å². The molecule has 39 heavy (non-hydrogen) atoms. The zero-order valence-electron chi connectivity index (χ0n) is 21.8. The number of rotatable bonds is 7. The van der Waals surface area contributed by atoms with Crippen LogP contribution in [0.3, 0.4) is 0 Å². The molecule has 4 rings (SSSR count). The van der Waals surface area contributed by atoms with Crippen molar-refractivity contribution >= 4 is 29.3 Å². The molecule has 3 aliphatic carbocycles. The van der Waals surface area contributed by atoms with Crippen molar-refractivity contribution in [2.24, 2.45) is 23.5 Å². The molecule has 1 saturated carbocycles. The summed E-state index contributed by atoms with van der Waals surface area (Å²) in [6, 6.07) is 1.64. The molecule has 3 aliphatic rings. The zero-order chi connectivity index (χ0) is 28.8. The highest BCUT2D eigenvalue weighted by Gasteiger charge is 2.62. The van der Waals surface area contributed by atoms with Gasteiger partial charge in [-0.1, -0.05) is 6.08 Å². The molecule has 0 aliphatic heterocycles. The Kier molecular flexibility index (Phi) is 7.46. The van der Waals surface area contributed by atoms with Gasteiger partial charge >= 0.3 is 6.09 Å². The average Bonchev–Trinajstić information content (AvgIpc) is 2.85. The predicted octanol–water partition coefficient (Wildman–Crippen LogP) is 0.614. The number of allylic oxidation sites excluding steroid dienone is 1. The van der Waals surface area contributed by atoms with E-state index in [0.717, 1.165) is 0 Å². The van der Waals surface area contributed by atoms with Crippen LogP contribution in [0.2, 0.25) is 0 Å². The lowest BCUT2D eigenvalue weighted by Gasteiger charge is -2.48. The fraction of sp³-hybridized carbons (Fsp3) is 0.481. The van der Waals surface area contributed by atoms with Gasteiger partial charge in [0.1, 0.15) is 17.4 Å². The van der Waals surface area contributed by atoms with Crippen LogP contribution in [0.15, 0.2) is 30.1 Å². The molecule has 210 valence electrons. The van der Waals surface area contributed by atoms with Crippen LogP contribution in [-0.4, -0.2) is 76.4 Å². The smallest absolute Gasteiger partial charge is 0.407 e. The van der Waals surface area contributed by atoms with Crippen molar-refractivity contribution < 1.29 is 44.3 Å². The van der Waals surface area contributed by atoms with Gasteiger partial charge < -0.3 is 41.1 Å². The Bertz CT molecular complexity index is 1290. The minimum absolute atomic E-state index is 0.0723. The van der Waals surface area contributed by atoms with Crippen molar-refractivity contribution in [2.45, 2.75) is 43.9 Å². The third kappa shape index (κ3) is 4.53. The number of alkyl carbamates (subject to hydrolysis) is 1. The van der Waals surface area contributed by atoms with E-state index in [-0.39, 0.29) is 49.1 Å². The van der Waals surface area contributed by atoms with Crippen LogP contribution in [0.25, 0.3) is 0 Å². The lowest BCUT2D eigenvalue weighted by molar-refractivity contribution is -0.167. The summed E-state index contributed by atoms with van der Waals surface area (Å²) in [5.41, 5.74) is 3.67. The number of aliphatic hydroxyl groups excluding tert-OH is 2. The number of phenols is 1. The Morgan fingerprint density at radius 3 is 2.59 bits per heavy atom. The van der Waals surface area contributed by atoms with Crippen molar-refractivity contribution in [2.75, 3.05) is 25.6 Å². The number of nitrogens with two attached hydrogens (primary N) is 1. The molecule has 12 nitrogen and oxygen atoms in total. The fourth-order valence-electron chi connectivity index (χ4n) is 6.02. The number of nitrogens with zero attached hydrogens (tertiary/aromatic N) is 1. The number of carbonyl (C=O) groups is 4. The summed E-state index contributed by atoms with van der Waals surface area (Å²) in [6.45, 7) is 3.50. The van der Waals surface area contributed by atoms with Crippen molar-refractivity contribution in [3.05, 3.63) is 46.7 Å². The first-order chi connectivity index (χ1) is 18.3. The Morgan fingerprint density at radius 1 is 1.28 bits per heavy atom. The lowest BCUT2D eigenvalue weighted by Crippen LogP contribution is -2.63. The largest absolute Gasteiger partial charge is 0.508 e. The fourth-order valence-corrected chi connectivity index (χ4v) is 6.02. The molecule has 12 heteroatoms. The summed E-state index contributed by atoms with van der Waals surface area (Å²) in [4.78, 5) is 52.6. The number of aliphatic hydroxyl groups is 3. The molecule has 1 aromatic rings. The number of primary amides is 1. The maximum Gasteiger partial charge on any atom is 0.407 e. The van der Waals surface area contributed by atoms with Gasteiger partial charge in [-0.15, -0.1) is 6.58 Å². The van der Waals surface area contributed by atoms with Crippen LogP contribution in [0.5, 0.6) is 5.75 Å². The molecular formula is C27H33N3O9. The van der Waals surface area contributed by atoms with Crippen LogP contribution in [0, 0.1) is 17.8 Å². The number of fused-ring (bicyclic) bond motifs is 3. The molecule has 0 bridgehead atoms. The number of carbonyl (C=O) groups excluding carboxylic acids is 4. The topological polar surface area (TPSA) is 200 Å². The quantitative estimate of drug-likeness (QED) is 0.161. The van der Waals surface area contributed by atoms with Crippen LogP contribution in [-0.2, 0) is 27.3 Å². The molecular weight excluding hydrogens is 510 g/mol. The van der Waals surface area contributed by atoms with Crippen molar-refractivity contribution in [1.29, 1.82) is 0 Å². The summed E-state index contributed by atoms with van der Waals surface area (Å²) in [5, 5.41) is 46.7. The molecule has 0 aromatic heterocycles. The number of phenolic OH excluding ortho intramolecular Hbond substituents is 1. The van der Waals surface area contributed by atoms with E-state index in [1.54, 1.807) is 31.1 Å². The van der Waals surface area contributed by atoms with E-state index in [1.807, 2.05) is 0 Å². The van der Waals surface area contributed by atoms with Crippen molar-refractivity contribution in [1.82, 2.24) is 5.32 Å². The van der Waals surface area contributed by atoms with E-state index in [0.29, 0.717) is 17.7 Å². The van der Waals surface area contributed by atoms with E-state index in [9.17, 15) is 39.6 Å². The second-order valence-electron chi connectivity index (χ2n) is 10.5. The highest BCUT2D eigenvalue weighted by atomic mass is 16.5.